The minimum atomic E-state index is -0.479. The Bertz CT molecular complexity index is 796. The van der Waals surface area contributed by atoms with E-state index in [-0.39, 0.29) is 11.8 Å². The van der Waals surface area contributed by atoms with Crippen LogP contribution in [0.15, 0.2) is 59.5 Å². The van der Waals surface area contributed by atoms with E-state index in [9.17, 15) is 9.59 Å². The third-order valence-corrected chi connectivity index (χ3v) is 6.07. The van der Waals surface area contributed by atoms with Crippen molar-refractivity contribution in [3.63, 3.8) is 0 Å². The van der Waals surface area contributed by atoms with Gasteiger partial charge in [-0.25, -0.2) is 0 Å². The lowest BCUT2D eigenvalue weighted by Crippen LogP contribution is -2.49. The van der Waals surface area contributed by atoms with E-state index in [4.69, 9.17) is 4.74 Å². The maximum absolute atomic E-state index is 13.2. The molecule has 0 saturated heterocycles. The van der Waals surface area contributed by atoms with Crippen LogP contribution in [0.25, 0.3) is 0 Å². The number of benzene rings is 2. The summed E-state index contributed by atoms with van der Waals surface area (Å²) in [5.41, 5.74) is 0.977. The summed E-state index contributed by atoms with van der Waals surface area (Å²) in [5, 5.41) is 3.00. The van der Waals surface area contributed by atoms with Crippen molar-refractivity contribution >= 4 is 23.6 Å². The van der Waals surface area contributed by atoms with Gasteiger partial charge in [0.25, 0.3) is 0 Å². The number of carbonyl (C=O) groups is 2. The van der Waals surface area contributed by atoms with Crippen LogP contribution < -0.4 is 10.1 Å². The topological polar surface area (TPSA) is 58.6 Å². The molecule has 0 aliphatic rings. The predicted molar refractivity (Wildman–Crippen MR) is 127 cm³/mol. The Morgan fingerprint density at radius 3 is 2.39 bits per heavy atom. The molecule has 2 rings (SSSR count). The van der Waals surface area contributed by atoms with Crippen LogP contribution in [0.3, 0.4) is 0 Å². The molecule has 0 aliphatic carbocycles. The molecular formula is C25H34N2O3S. The van der Waals surface area contributed by atoms with Crippen LogP contribution in [0.2, 0.25) is 0 Å². The van der Waals surface area contributed by atoms with Gasteiger partial charge >= 0.3 is 0 Å². The number of ether oxygens (including phenoxy) is 1. The lowest BCUT2D eigenvalue weighted by Gasteiger charge is -2.30. The average molecular weight is 443 g/mol. The molecule has 0 unspecified atom stereocenters. The standard InChI is InChI=1S/C25H34N2O3S/c1-4-6-17-26-25(29)23(5-2)27(19-20-12-14-21(30-3)15-13-20)24(28)16-18-31-22-10-8-7-9-11-22/h7-15,23H,4-6,16-19H2,1-3H3,(H,26,29)/t23-/m1/s1. The average Bonchev–Trinajstić information content (AvgIpc) is 2.80. The van der Waals surface area contributed by atoms with Crippen LogP contribution in [0.1, 0.15) is 45.1 Å². The molecule has 0 spiro atoms. The molecule has 0 radical (unpaired) electrons. The number of hydrogen-bond donors (Lipinski definition) is 1. The third-order valence-electron chi connectivity index (χ3n) is 5.06. The number of amides is 2. The zero-order chi connectivity index (χ0) is 22.5. The first-order valence-corrected chi connectivity index (χ1v) is 12.0. The number of rotatable bonds is 13. The molecule has 0 aromatic heterocycles. The van der Waals surface area contributed by atoms with Gasteiger partial charge in [-0.2, -0.15) is 0 Å². The zero-order valence-corrected chi connectivity index (χ0v) is 19.6. The Labute approximate surface area is 190 Å². The van der Waals surface area contributed by atoms with Crippen molar-refractivity contribution in [1.82, 2.24) is 10.2 Å². The highest BCUT2D eigenvalue weighted by molar-refractivity contribution is 7.99. The van der Waals surface area contributed by atoms with Crippen LogP contribution in [-0.4, -0.2) is 42.2 Å². The first-order valence-electron chi connectivity index (χ1n) is 11.0. The van der Waals surface area contributed by atoms with Crippen molar-refractivity contribution in [2.75, 3.05) is 19.4 Å². The van der Waals surface area contributed by atoms with Gasteiger partial charge in [0.2, 0.25) is 11.8 Å². The van der Waals surface area contributed by atoms with Gasteiger partial charge in [0, 0.05) is 30.2 Å². The Hall–Kier alpha value is -2.47. The first-order chi connectivity index (χ1) is 15.1. The summed E-state index contributed by atoms with van der Waals surface area (Å²) >= 11 is 1.66. The molecule has 2 aromatic rings. The zero-order valence-electron chi connectivity index (χ0n) is 18.8. The SMILES string of the molecule is CCCCNC(=O)[C@@H](CC)N(Cc1ccc(OC)cc1)C(=O)CCSc1ccccc1. The fraction of sp³-hybridized carbons (Fsp3) is 0.440. The number of unbranched alkanes of at least 4 members (excludes halogenated alkanes) is 1. The highest BCUT2D eigenvalue weighted by Gasteiger charge is 2.28. The van der Waals surface area contributed by atoms with Gasteiger partial charge in [0.05, 0.1) is 7.11 Å². The Balaban J connectivity index is 2.10. The summed E-state index contributed by atoms with van der Waals surface area (Å²) in [5.74, 6) is 1.37. The van der Waals surface area contributed by atoms with Crippen molar-refractivity contribution in [3.8, 4) is 5.75 Å². The van der Waals surface area contributed by atoms with Gasteiger partial charge in [0.1, 0.15) is 11.8 Å². The maximum atomic E-state index is 13.2. The van der Waals surface area contributed by atoms with Gasteiger partial charge in [-0.05, 0) is 42.7 Å². The minimum absolute atomic E-state index is 0.00302. The van der Waals surface area contributed by atoms with E-state index in [2.05, 4.69) is 12.2 Å². The van der Waals surface area contributed by atoms with Crippen molar-refractivity contribution in [2.45, 2.75) is 57.0 Å². The van der Waals surface area contributed by atoms with E-state index < -0.39 is 6.04 Å². The molecule has 2 aromatic carbocycles. The van der Waals surface area contributed by atoms with Crippen molar-refractivity contribution in [3.05, 3.63) is 60.2 Å². The van der Waals surface area contributed by atoms with E-state index in [0.717, 1.165) is 29.1 Å². The fourth-order valence-corrected chi connectivity index (χ4v) is 4.13. The summed E-state index contributed by atoms with van der Waals surface area (Å²) in [6.45, 7) is 5.09. The van der Waals surface area contributed by atoms with Crippen LogP contribution >= 0.6 is 11.8 Å². The lowest BCUT2D eigenvalue weighted by molar-refractivity contribution is -0.141. The van der Waals surface area contributed by atoms with E-state index in [0.29, 0.717) is 31.7 Å². The second kappa shape index (κ2) is 13.8. The minimum Gasteiger partial charge on any atom is -0.497 e. The normalized spacial score (nSPS) is 11.6. The molecule has 6 heteroatoms. The molecule has 31 heavy (non-hydrogen) atoms. The molecule has 5 nitrogen and oxygen atoms in total. The van der Waals surface area contributed by atoms with Crippen LogP contribution in [-0.2, 0) is 16.1 Å². The van der Waals surface area contributed by atoms with Crippen LogP contribution in [0.5, 0.6) is 5.75 Å². The Morgan fingerprint density at radius 2 is 1.77 bits per heavy atom. The highest BCUT2D eigenvalue weighted by atomic mass is 32.2. The molecule has 1 atom stereocenters. The van der Waals surface area contributed by atoms with Gasteiger partial charge in [-0.3, -0.25) is 9.59 Å². The van der Waals surface area contributed by atoms with E-state index >= 15 is 0 Å². The number of methoxy groups -OCH3 is 1. The largest absolute Gasteiger partial charge is 0.497 e. The van der Waals surface area contributed by atoms with Crippen molar-refractivity contribution in [1.29, 1.82) is 0 Å². The highest BCUT2D eigenvalue weighted by Crippen LogP contribution is 2.21. The van der Waals surface area contributed by atoms with Gasteiger partial charge < -0.3 is 15.0 Å². The number of nitrogens with one attached hydrogen (secondary N) is 1. The van der Waals surface area contributed by atoms with Gasteiger partial charge in [0.15, 0.2) is 0 Å². The van der Waals surface area contributed by atoms with Crippen LogP contribution in [0, 0.1) is 0 Å². The van der Waals surface area contributed by atoms with Gasteiger partial charge in [-0.15, -0.1) is 11.8 Å². The summed E-state index contributed by atoms with van der Waals surface area (Å²) in [7, 11) is 1.63. The third kappa shape index (κ3) is 8.29. The number of carbonyl (C=O) groups excluding carboxylic acids is 2. The monoisotopic (exact) mass is 442 g/mol. The second-order valence-electron chi connectivity index (χ2n) is 7.35. The Kier molecular flexibility index (Phi) is 11.0. The molecule has 0 fully saturated rings. The molecule has 0 bridgehead atoms. The lowest BCUT2D eigenvalue weighted by atomic mass is 10.1. The molecule has 2 amide bonds. The molecule has 168 valence electrons. The summed E-state index contributed by atoms with van der Waals surface area (Å²) in [6, 6.07) is 17.2. The first kappa shape index (κ1) is 24.8. The number of thioether (sulfide) groups is 1. The molecule has 0 aliphatic heterocycles. The second-order valence-corrected chi connectivity index (χ2v) is 8.52. The fourth-order valence-electron chi connectivity index (χ4n) is 3.27. The summed E-state index contributed by atoms with van der Waals surface area (Å²) in [6.07, 6.45) is 2.91. The van der Waals surface area contributed by atoms with E-state index in [1.807, 2.05) is 61.5 Å². The van der Waals surface area contributed by atoms with Gasteiger partial charge in [-0.1, -0.05) is 50.6 Å². The summed E-state index contributed by atoms with van der Waals surface area (Å²) < 4.78 is 5.23. The maximum Gasteiger partial charge on any atom is 0.242 e. The predicted octanol–water partition coefficient (Wildman–Crippen LogP) is 4.90. The quantitative estimate of drug-likeness (QED) is 0.354. The smallest absolute Gasteiger partial charge is 0.242 e. The Morgan fingerprint density at radius 1 is 1.06 bits per heavy atom. The summed E-state index contributed by atoms with van der Waals surface area (Å²) in [4.78, 5) is 28.9. The van der Waals surface area contributed by atoms with E-state index in [1.165, 1.54) is 0 Å². The molecular weight excluding hydrogens is 408 g/mol. The molecule has 1 N–H and O–H groups in total. The van der Waals surface area contributed by atoms with Crippen molar-refractivity contribution < 1.29 is 14.3 Å². The van der Waals surface area contributed by atoms with Crippen LogP contribution in [0.4, 0.5) is 0 Å². The number of hydrogen-bond acceptors (Lipinski definition) is 4. The number of nitrogens with zero attached hydrogens (tertiary/aromatic N) is 1. The molecule has 0 heterocycles. The van der Waals surface area contributed by atoms with Crippen molar-refractivity contribution in [2.24, 2.45) is 0 Å². The molecule has 0 saturated carbocycles. The van der Waals surface area contributed by atoms with E-state index in [1.54, 1.807) is 23.8 Å².